The van der Waals surface area contributed by atoms with Gasteiger partial charge in [0.15, 0.2) is 0 Å². The summed E-state index contributed by atoms with van der Waals surface area (Å²) in [7, 11) is 1.31. The average molecular weight is 284 g/mol. The number of methoxy groups -OCH3 is 1. The fourth-order valence-electron chi connectivity index (χ4n) is 1.72. The minimum absolute atomic E-state index is 0.0436. The molecule has 0 amide bonds. The Morgan fingerprint density at radius 2 is 1.84 bits per heavy atom. The predicted octanol–water partition coefficient (Wildman–Crippen LogP) is 3.71. The third kappa shape index (κ3) is 2.44. The lowest BCUT2D eigenvalue weighted by molar-refractivity contribution is 0.0702. The molecular weight excluding hydrogens is 274 g/mol. The highest BCUT2D eigenvalue weighted by Gasteiger charge is 2.20. The third-order valence-corrected chi connectivity index (χ3v) is 3.85. The Bertz CT molecular complexity index is 626. The number of carboxylic acids is 1. The van der Waals surface area contributed by atoms with Crippen LogP contribution in [-0.2, 0) is 0 Å². The van der Waals surface area contributed by atoms with Crippen LogP contribution in [0.5, 0.6) is 5.75 Å². The van der Waals surface area contributed by atoms with Crippen molar-refractivity contribution in [1.29, 1.82) is 0 Å². The van der Waals surface area contributed by atoms with Crippen molar-refractivity contribution in [2.75, 3.05) is 7.11 Å². The van der Waals surface area contributed by atoms with Crippen LogP contribution in [0.1, 0.15) is 15.2 Å². The molecule has 2 aromatic rings. The first kappa shape index (κ1) is 13.5. The molecule has 0 aliphatic heterocycles. The van der Waals surface area contributed by atoms with Crippen LogP contribution in [0.15, 0.2) is 18.2 Å². The zero-order chi connectivity index (χ0) is 14.2. The summed E-state index contributed by atoms with van der Waals surface area (Å²) in [5, 5.41) is 8.89. The largest absolute Gasteiger partial charge is 0.497 e. The summed E-state index contributed by atoms with van der Waals surface area (Å²) in [6.45, 7) is 1.61. The van der Waals surface area contributed by atoms with Gasteiger partial charge in [0.25, 0.3) is 0 Å². The Morgan fingerprint density at radius 3 is 2.26 bits per heavy atom. The van der Waals surface area contributed by atoms with Gasteiger partial charge in [0.2, 0.25) is 0 Å². The Labute approximate surface area is 112 Å². The number of halogens is 2. The van der Waals surface area contributed by atoms with Gasteiger partial charge in [-0.2, -0.15) is 0 Å². The van der Waals surface area contributed by atoms with Gasteiger partial charge in [0.1, 0.15) is 22.3 Å². The lowest BCUT2D eigenvalue weighted by atomic mass is 10.1. The second-order valence-corrected chi connectivity index (χ2v) is 4.95. The summed E-state index contributed by atoms with van der Waals surface area (Å²) in [5.41, 5.74) is 0.293. The predicted molar refractivity (Wildman–Crippen MR) is 67.9 cm³/mol. The molecule has 0 spiro atoms. The molecule has 0 aliphatic carbocycles. The average Bonchev–Trinajstić information content (AvgIpc) is 2.71. The number of aryl methyl sites for hydroxylation is 1. The maximum atomic E-state index is 13.9. The van der Waals surface area contributed by atoms with Crippen molar-refractivity contribution >= 4 is 17.3 Å². The van der Waals surface area contributed by atoms with Gasteiger partial charge in [0, 0.05) is 17.0 Å². The van der Waals surface area contributed by atoms with Crippen LogP contribution in [0, 0.1) is 18.6 Å². The molecule has 0 bridgehead atoms. The van der Waals surface area contributed by atoms with E-state index in [0.29, 0.717) is 5.56 Å². The molecule has 100 valence electrons. The second-order valence-electron chi connectivity index (χ2n) is 3.89. The summed E-state index contributed by atoms with van der Waals surface area (Å²) in [6.07, 6.45) is 0. The molecule has 19 heavy (non-hydrogen) atoms. The van der Waals surface area contributed by atoms with Crippen molar-refractivity contribution in [2.24, 2.45) is 0 Å². The molecule has 1 aromatic carbocycles. The summed E-state index contributed by atoms with van der Waals surface area (Å²) in [4.78, 5) is 11.2. The Balaban J connectivity index is 2.62. The van der Waals surface area contributed by atoms with E-state index in [-0.39, 0.29) is 21.1 Å². The van der Waals surface area contributed by atoms with Crippen molar-refractivity contribution in [3.63, 3.8) is 0 Å². The van der Waals surface area contributed by atoms with Crippen LogP contribution >= 0.6 is 11.3 Å². The van der Waals surface area contributed by atoms with E-state index in [0.717, 1.165) is 23.5 Å². The smallest absolute Gasteiger partial charge is 0.345 e. The zero-order valence-electron chi connectivity index (χ0n) is 10.2. The minimum atomic E-state index is -1.12. The number of carboxylic acid groups (broad SMARTS) is 1. The van der Waals surface area contributed by atoms with Gasteiger partial charge in [-0.3, -0.25) is 0 Å². The highest BCUT2D eigenvalue weighted by Crippen LogP contribution is 2.37. The first-order chi connectivity index (χ1) is 8.93. The topological polar surface area (TPSA) is 46.5 Å². The molecule has 0 saturated carbocycles. The quantitative estimate of drug-likeness (QED) is 0.934. The summed E-state index contributed by atoms with van der Waals surface area (Å²) >= 11 is 0.842. The molecule has 0 saturated heterocycles. The summed E-state index contributed by atoms with van der Waals surface area (Å²) in [5.74, 6) is -2.60. The summed E-state index contributed by atoms with van der Waals surface area (Å²) < 4.78 is 32.6. The molecule has 1 N–H and O–H groups in total. The lowest BCUT2D eigenvalue weighted by Gasteiger charge is -2.07. The molecule has 0 radical (unpaired) electrons. The highest BCUT2D eigenvalue weighted by atomic mass is 32.1. The lowest BCUT2D eigenvalue weighted by Crippen LogP contribution is -1.92. The molecule has 1 aromatic heterocycles. The third-order valence-electron chi connectivity index (χ3n) is 2.61. The van der Waals surface area contributed by atoms with Crippen LogP contribution in [0.2, 0.25) is 0 Å². The van der Waals surface area contributed by atoms with Crippen LogP contribution in [0.3, 0.4) is 0 Å². The molecule has 0 fully saturated rings. The first-order valence-corrected chi connectivity index (χ1v) is 6.12. The molecule has 0 unspecified atom stereocenters. The van der Waals surface area contributed by atoms with E-state index in [4.69, 9.17) is 9.84 Å². The Kier molecular flexibility index (Phi) is 3.53. The monoisotopic (exact) mass is 284 g/mol. The maximum Gasteiger partial charge on any atom is 0.345 e. The van der Waals surface area contributed by atoms with Crippen LogP contribution < -0.4 is 4.74 Å². The van der Waals surface area contributed by atoms with Gasteiger partial charge in [-0.1, -0.05) is 0 Å². The molecule has 2 rings (SSSR count). The van der Waals surface area contributed by atoms with Crippen molar-refractivity contribution in [3.05, 3.63) is 40.3 Å². The maximum absolute atomic E-state index is 13.9. The number of hydrogen-bond acceptors (Lipinski definition) is 3. The molecular formula is C13H10F2O3S. The summed E-state index contributed by atoms with van der Waals surface area (Å²) in [6, 6.07) is 3.53. The van der Waals surface area contributed by atoms with Crippen molar-refractivity contribution in [1.82, 2.24) is 0 Å². The van der Waals surface area contributed by atoms with Gasteiger partial charge in [0.05, 0.1) is 12.7 Å². The Hall–Kier alpha value is -1.95. The number of hydrogen-bond donors (Lipinski definition) is 1. The van der Waals surface area contributed by atoms with Gasteiger partial charge in [-0.05, 0) is 18.6 Å². The van der Waals surface area contributed by atoms with Crippen molar-refractivity contribution in [3.8, 4) is 16.2 Å². The highest BCUT2D eigenvalue weighted by molar-refractivity contribution is 7.17. The first-order valence-electron chi connectivity index (χ1n) is 5.31. The van der Waals surface area contributed by atoms with Crippen LogP contribution in [-0.4, -0.2) is 18.2 Å². The molecule has 3 nitrogen and oxygen atoms in total. The molecule has 6 heteroatoms. The Morgan fingerprint density at radius 1 is 1.26 bits per heavy atom. The fourth-order valence-corrected chi connectivity index (χ4v) is 2.78. The normalized spacial score (nSPS) is 10.5. The van der Waals surface area contributed by atoms with E-state index in [1.54, 1.807) is 6.92 Å². The standard InChI is InChI=1S/C13H10F2O3S/c1-6-3-10(13(16)17)19-12(6)11-8(14)4-7(18-2)5-9(11)15/h3-5H,1-2H3,(H,16,17). The number of carbonyl (C=O) groups is 1. The molecule has 0 atom stereocenters. The van der Waals surface area contributed by atoms with Crippen molar-refractivity contribution in [2.45, 2.75) is 6.92 Å². The number of ether oxygens (including phenoxy) is 1. The van der Waals surface area contributed by atoms with Gasteiger partial charge in [-0.25, -0.2) is 13.6 Å². The van der Waals surface area contributed by atoms with Crippen molar-refractivity contribution < 1.29 is 23.4 Å². The number of thiophene rings is 1. The van der Waals surface area contributed by atoms with E-state index >= 15 is 0 Å². The van der Waals surface area contributed by atoms with Gasteiger partial charge < -0.3 is 9.84 Å². The number of rotatable bonds is 3. The minimum Gasteiger partial charge on any atom is -0.497 e. The molecule has 0 aliphatic rings. The van der Waals surface area contributed by atoms with E-state index in [2.05, 4.69) is 0 Å². The van der Waals surface area contributed by atoms with E-state index in [1.165, 1.54) is 13.2 Å². The SMILES string of the molecule is COc1cc(F)c(-c2sc(C(=O)O)cc2C)c(F)c1. The van der Waals surface area contributed by atoms with Gasteiger partial charge >= 0.3 is 5.97 Å². The van der Waals surface area contributed by atoms with Crippen LogP contribution in [0.4, 0.5) is 8.78 Å². The molecule has 1 heterocycles. The van der Waals surface area contributed by atoms with Gasteiger partial charge in [-0.15, -0.1) is 11.3 Å². The fraction of sp³-hybridized carbons (Fsp3) is 0.154. The second kappa shape index (κ2) is 4.97. The van der Waals surface area contributed by atoms with E-state index in [1.807, 2.05) is 0 Å². The van der Waals surface area contributed by atoms with E-state index < -0.39 is 17.6 Å². The number of benzene rings is 1. The van der Waals surface area contributed by atoms with Crippen LogP contribution in [0.25, 0.3) is 10.4 Å². The number of aromatic carboxylic acids is 1. The van der Waals surface area contributed by atoms with E-state index in [9.17, 15) is 13.6 Å². The zero-order valence-corrected chi connectivity index (χ0v) is 11.0.